The molecule has 0 atom stereocenters. The van der Waals surface area contributed by atoms with Crippen LogP contribution in [-0.4, -0.2) is 21.0 Å². The van der Waals surface area contributed by atoms with Gasteiger partial charge >= 0.3 is 0 Å². The largest absolute Gasteiger partial charge is 0.264 e. The van der Waals surface area contributed by atoms with Crippen LogP contribution < -0.4 is 5.43 Å². The summed E-state index contributed by atoms with van der Waals surface area (Å²) in [6, 6.07) is 11.1. The van der Waals surface area contributed by atoms with Crippen molar-refractivity contribution in [3.8, 4) is 0 Å². The Balaban J connectivity index is 1.81. The van der Waals surface area contributed by atoms with E-state index in [4.69, 9.17) is 23.2 Å². The number of aromatic nitrogens is 3. The third-order valence-corrected chi connectivity index (χ3v) is 4.55. The molecule has 0 spiro atoms. The van der Waals surface area contributed by atoms with Crippen molar-refractivity contribution in [1.29, 1.82) is 0 Å². The van der Waals surface area contributed by atoms with E-state index in [1.807, 2.05) is 54.9 Å². The van der Waals surface area contributed by atoms with E-state index in [0.29, 0.717) is 22.4 Å². The van der Waals surface area contributed by atoms with Gasteiger partial charge in [0.25, 0.3) is 0 Å². The lowest BCUT2D eigenvalue weighted by Gasteiger charge is -2.08. The lowest BCUT2D eigenvalue weighted by molar-refractivity contribution is 0.659. The molecule has 25 heavy (non-hydrogen) atoms. The van der Waals surface area contributed by atoms with E-state index >= 15 is 0 Å². The molecular weight excluding hydrogens is 357 g/mol. The van der Waals surface area contributed by atoms with E-state index in [1.165, 1.54) is 0 Å². The number of hydrogen-bond acceptors (Lipinski definition) is 4. The van der Waals surface area contributed by atoms with Gasteiger partial charge in [0.15, 0.2) is 0 Å². The second-order valence-electron chi connectivity index (χ2n) is 5.53. The summed E-state index contributed by atoms with van der Waals surface area (Å²) in [5.74, 6) is 0.685. The van der Waals surface area contributed by atoms with Crippen LogP contribution in [0.5, 0.6) is 0 Å². The van der Waals surface area contributed by atoms with Gasteiger partial charge in [-0.15, -0.1) is 0 Å². The number of hydrazone groups is 1. The molecule has 128 valence electrons. The molecule has 1 aromatic carbocycles. The number of hydrogen-bond donors (Lipinski definition) is 1. The Morgan fingerprint density at radius 1 is 1.12 bits per heavy atom. The van der Waals surface area contributed by atoms with Crippen LogP contribution in [0.1, 0.15) is 22.5 Å². The zero-order valence-corrected chi connectivity index (χ0v) is 15.4. The Labute approximate surface area is 156 Å². The van der Waals surface area contributed by atoms with E-state index < -0.39 is 0 Å². The topological polar surface area (TPSA) is 55.1 Å². The van der Waals surface area contributed by atoms with Gasteiger partial charge < -0.3 is 0 Å². The van der Waals surface area contributed by atoms with Gasteiger partial charge in [-0.25, -0.2) is 4.98 Å². The molecule has 1 N–H and O–H groups in total. The average molecular weight is 374 g/mol. The Hall–Kier alpha value is -2.37. The van der Waals surface area contributed by atoms with Crippen LogP contribution in [0.3, 0.4) is 0 Å². The van der Waals surface area contributed by atoms with Gasteiger partial charge in [0.2, 0.25) is 0 Å². The fraction of sp³-hybridized carbons (Fsp3) is 0.167. The molecular formula is C18H17Cl2N5. The fourth-order valence-electron chi connectivity index (χ4n) is 2.48. The molecule has 0 aliphatic carbocycles. The maximum absolute atomic E-state index is 6.26. The number of aryl methyl sites for hydroxylation is 1. The second-order valence-corrected chi connectivity index (χ2v) is 6.34. The van der Waals surface area contributed by atoms with E-state index in [1.54, 1.807) is 12.4 Å². The summed E-state index contributed by atoms with van der Waals surface area (Å²) in [5, 5.41) is 10.1. The van der Waals surface area contributed by atoms with Gasteiger partial charge in [-0.1, -0.05) is 35.3 Å². The summed E-state index contributed by atoms with van der Waals surface area (Å²) < 4.78 is 1.88. The van der Waals surface area contributed by atoms with Gasteiger partial charge in [0.1, 0.15) is 5.82 Å². The number of nitrogens with zero attached hydrogens (tertiary/aromatic N) is 4. The van der Waals surface area contributed by atoms with Crippen LogP contribution in [0.15, 0.2) is 47.7 Å². The fourth-order valence-corrected chi connectivity index (χ4v) is 2.99. The minimum absolute atomic E-state index is 0.507. The number of benzene rings is 1. The Bertz CT molecular complexity index is 883. The third kappa shape index (κ3) is 4.00. The van der Waals surface area contributed by atoms with Crippen LogP contribution in [-0.2, 0) is 6.54 Å². The molecule has 0 unspecified atom stereocenters. The van der Waals surface area contributed by atoms with Crippen LogP contribution in [0.25, 0.3) is 0 Å². The molecule has 0 saturated heterocycles. The van der Waals surface area contributed by atoms with Gasteiger partial charge in [-0.3, -0.25) is 10.1 Å². The van der Waals surface area contributed by atoms with Crippen LogP contribution in [0, 0.1) is 13.8 Å². The van der Waals surface area contributed by atoms with E-state index in [9.17, 15) is 0 Å². The van der Waals surface area contributed by atoms with Gasteiger partial charge in [0.05, 0.1) is 18.5 Å². The summed E-state index contributed by atoms with van der Waals surface area (Å²) in [7, 11) is 0. The van der Waals surface area contributed by atoms with Gasteiger partial charge in [0, 0.05) is 33.1 Å². The van der Waals surface area contributed by atoms with E-state index in [0.717, 1.165) is 22.5 Å². The summed E-state index contributed by atoms with van der Waals surface area (Å²) in [5.41, 5.74) is 6.58. The second kappa shape index (κ2) is 7.68. The predicted octanol–water partition coefficient (Wildman–Crippen LogP) is 4.70. The maximum Gasteiger partial charge on any atom is 0.146 e. The highest BCUT2D eigenvalue weighted by Crippen LogP contribution is 2.26. The molecule has 3 rings (SSSR count). The molecule has 2 heterocycles. The molecule has 0 fully saturated rings. The Kier molecular flexibility index (Phi) is 5.36. The first-order valence-electron chi connectivity index (χ1n) is 7.73. The van der Waals surface area contributed by atoms with Crippen LogP contribution in [0.2, 0.25) is 10.0 Å². The first-order valence-corrected chi connectivity index (χ1v) is 8.49. The first kappa shape index (κ1) is 17.5. The molecule has 0 aliphatic heterocycles. The minimum Gasteiger partial charge on any atom is -0.264 e. The smallest absolute Gasteiger partial charge is 0.146 e. The highest BCUT2D eigenvalue weighted by molar-refractivity contribution is 6.35. The van der Waals surface area contributed by atoms with Crippen molar-refractivity contribution in [3.63, 3.8) is 0 Å². The van der Waals surface area contributed by atoms with Gasteiger partial charge in [-0.05, 0) is 38.1 Å². The molecule has 0 aliphatic rings. The summed E-state index contributed by atoms with van der Waals surface area (Å²) in [6.07, 6.45) is 3.46. The van der Waals surface area contributed by atoms with E-state index in [2.05, 4.69) is 20.6 Å². The monoisotopic (exact) mass is 373 g/mol. The normalized spacial score (nSPS) is 11.2. The molecule has 7 heteroatoms. The summed E-state index contributed by atoms with van der Waals surface area (Å²) in [4.78, 5) is 4.16. The molecule has 5 nitrogen and oxygen atoms in total. The molecule has 2 aromatic heterocycles. The maximum atomic E-state index is 6.26. The number of rotatable bonds is 5. The van der Waals surface area contributed by atoms with Crippen LogP contribution >= 0.6 is 23.2 Å². The predicted molar refractivity (Wildman–Crippen MR) is 103 cm³/mol. The van der Waals surface area contributed by atoms with Crippen molar-refractivity contribution in [2.24, 2.45) is 5.10 Å². The zero-order valence-electron chi connectivity index (χ0n) is 13.9. The van der Waals surface area contributed by atoms with Gasteiger partial charge in [-0.2, -0.15) is 10.2 Å². The standard InChI is InChI=1S/C18H17Cl2N5/c1-12-14(10-22-23-18-8-3-4-9-21-18)13(2)25(24-12)11-15-16(19)6-5-7-17(15)20/h3-10H,11H2,1-2H3,(H,21,23)/b22-10-. The molecule has 0 saturated carbocycles. The molecule has 0 bridgehead atoms. The number of halogens is 2. The lowest BCUT2D eigenvalue weighted by Crippen LogP contribution is -2.05. The molecule has 0 amide bonds. The Morgan fingerprint density at radius 3 is 2.56 bits per heavy atom. The van der Waals surface area contributed by atoms with E-state index in [-0.39, 0.29) is 0 Å². The minimum atomic E-state index is 0.507. The van der Waals surface area contributed by atoms with Crippen molar-refractivity contribution in [2.75, 3.05) is 5.43 Å². The quantitative estimate of drug-likeness (QED) is 0.520. The van der Waals surface area contributed by atoms with Crippen LogP contribution in [0.4, 0.5) is 5.82 Å². The van der Waals surface area contributed by atoms with Crippen molar-refractivity contribution < 1.29 is 0 Å². The lowest BCUT2D eigenvalue weighted by atomic mass is 10.2. The summed E-state index contributed by atoms with van der Waals surface area (Å²) >= 11 is 12.5. The number of nitrogens with one attached hydrogen (secondary N) is 1. The van der Waals surface area contributed by atoms with Crippen molar-refractivity contribution >= 4 is 35.2 Å². The van der Waals surface area contributed by atoms with Crippen molar-refractivity contribution in [3.05, 3.63) is 75.2 Å². The SMILES string of the molecule is Cc1nn(Cc2c(Cl)cccc2Cl)c(C)c1/C=N\Nc1ccccn1. The highest BCUT2D eigenvalue weighted by Gasteiger charge is 2.13. The third-order valence-electron chi connectivity index (χ3n) is 3.84. The average Bonchev–Trinajstić information content (AvgIpc) is 2.86. The highest BCUT2D eigenvalue weighted by atomic mass is 35.5. The zero-order chi connectivity index (χ0) is 17.8. The number of pyridine rings is 1. The Morgan fingerprint density at radius 2 is 1.88 bits per heavy atom. The summed E-state index contributed by atoms with van der Waals surface area (Å²) in [6.45, 7) is 4.44. The number of anilines is 1. The first-order chi connectivity index (χ1) is 12.1. The molecule has 3 aromatic rings. The van der Waals surface area contributed by atoms with Crippen molar-refractivity contribution in [1.82, 2.24) is 14.8 Å². The molecule has 0 radical (unpaired) electrons. The van der Waals surface area contributed by atoms with Crippen molar-refractivity contribution in [2.45, 2.75) is 20.4 Å².